The first-order valence-electron chi connectivity index (χ1n) is 9.06. The van der Waals surface area contributed by atoms with Crippen LogP contribution in [0.4, 0.5) is 0 Å². The second-order valence-electron chi connectivity index (χ2n) is 6.70. The third-order valence-electron chi connectivity index (χ3n) is 4.35. The average molecular weight is 382 g/mol. The van der Waals surface area contributed by atoms with E-state index in [9.17, 15) is 9.59 Å². The van der Waals surface area contributed by atoms with Crippen molar-refractivity contribution in [2.24, 2.45) is 0 Å². The number of benzene rings is 1. The Morgan fingerprint density at radius 3 is 2.46 bits per heavy atom. The van der Waals surface area contributed by atoms with E-state index < -0.39 is 11.9 Å². The lowest BCUT2D eigenvalue weighted by Crippen LogP contribution is -2.00. The molecule has 0 unspecified atom stereocenters. The van der Waals surface area contributed by atoms with Crippen molar-refractivity contribution in [1.82, 2.24) is 20.0 Å². The molecule has 2 heterocycles. The van der Waals surface area contributed by atoms with Gasteiger partial charge in [-0.25, -0.2) is 0 Å². The number of hydrogen-bond acceptors (Lipinski definition) is 4. The number of nitrogens with zero attached hydrogens (tertiary/aromatic N) is 3. The summed E-state index contributed by atoms with van der Waals surface area (Å²) in [7, 11) is 0. The van der Waals surface area contributed by atoms with Gasteiger partial charge >= 0.3 is 11.9 Å². The van der Waals surface area contributed by atoms with Gasteiger partial charge in [-0.2, -0.15) is 10.2 Å². The zero-order valence-electron chi connectivity index (χ0n) is 15.3. The minimum absolute atomic E-state index is 0.296. The molecular weight excluding hydrogens is 360 g/mol. The molecule has 3 aromatic rings. The third-order valence-corrected chi connectivity index (χ3v) is 4.35. The number of hydrogen-bond donors (Lipinski definition) is 3. The summed E-state index contributed by atoms with van der Waals surface area (Å²) in [5.41, 5.74) is 4.95. The molecule has 4 rings (SSSR count). The Labute approximate surface area is 161 Å². The number of carboxylic acids is 2. The summed E-state index contributed by atoms with van der Waals surface area (Å²) in [6.45, 7) is 0.725. The molecular formula is C20H22N4O4. The van der Waals surface area contributed by atoms with E-state index in [1.807, 2.05) is 16.9 Å². The summed E-state index contributed by atoms with van der Waals surface area (Å²) in [4.78, 5) is 19.3. The molecule has 1 saturated carbocycles. The Hall–Kier alpha value is -3.42. The topological polar surface area (TPSA) is 121 Å². The van der Waals surface area contributed by atoms with Gasteiger partial charge in [0.2, 0.25) is 0 Å². The summed E-state index contributed by atoms with van der Waals surface area (Å²) in [6, 6.07) is 10.8. The molecule has 1 aliphatic rings. The van der Waals surface area contributed by atoms with Crippen molar-refractivity contribution < 1.29 is 19.8 Å². The number of aromatic amines is 1. The van der Waals surface area contributed by atoms with Gasteiger partial charge in [0.25, 0.3) is 0 Å². The van der Waals surface area contributed by atoms with Crippen LogP contribution in [-0.2, 0) is 16.1 Å². The normalized spacial score (nSPS) is 12.9. The van der Waals surface area contributed by atoms with Gasteiger partial charge in [0.1, 0.15) is 0 Å². The molecule has 0 spiro atoms. The van der Waals surface area contributed by atoms with E-state index >= 15 is 0 Å². The van der Waals surface area contributed by atoms with Gasteiger partial charge in [-0.15, -0.1) is 0 Å². The Balaban J connectivity index is 0.000000242. The van der Waals surface area contributed by atoms with Gasteiger partial charge in [-0.1, -0.05) is 24.3 Å². The van der Waals surface area contributed by atoms with Crippen LogP contribution in [0, 0.1) is 0 Å². The Morgan fingerprint density at radius 2 is 1.86 bits per heavy atom. The largest absolute Gasteiger partial charge is 0.481 e. The summed E-state index contributed by atoms with van der Waals surface area (Å²) in [5.74, 6) is -1.37. The first-order valence-corrected chi connectivity index (χ1v) is 9.06. The highest BCUT2D eigenvalue weighted by Crippen LogP contribution is 2.41. The monoisotopic (exact) mass is 382 g/mol. The van der Waals surface area contributed by atoms with Crippen LogP contribution in [0.1, 0.15) is 42.9 Å². The molecule has 8 nitrogen and oxygen atoms in total. The standard InChI is InChI=1S/C16H16N4.C4H6O4/c1-2-13(12-4-5-12)8-14(3-1)15-9-18-20(10-15)11-16-6-7-17-19-16;5-3(6)1-2-4(7)8/h1-3,6-10,12H,4-5,11H2,(H,17,19);1-2H2,(H,5,6)(H,7,8). The van der Waals surface area contributed by atoms with Gasteiger partial charge < -0.3 is 10.2 Å². The van der Waals surface area contributed by atoms with Crippen LogP contribution >= 0.6 is 0 Å². The van der Waals surface area contributed by atoms with Crippen molar-refractivity contribution in [3.63, 3.8) is 0 Å². The van der Waals surface area contributed by atoms with Gasteiger partial charge in [-0.05, 0) is 36.0 Å². The summed E-state index contributed by atoms with van der Waals surface area (Å²) in [6.07, 6.45) is 7.86. The molecule has 0 aliphatic heterocycles. The quantitative estimate of drug-likeness (QED) is 0.577. The Morgan fingerprint density at radius 1 is 1.11 bits per heavy atom. The van der Waals surface area contributed by atoms with Crippen LogP contribution in [0.3, 0.4) is 0 Å². The van der Waals surface area contributed by atoms with E-state index in [-0.39, 0.29) is 12.8 Å². The number of H-pyrrole nitrogens is 1. The molecule has 0 bridgehead atoms. The molecule has 3 N–H and O–H groups in total. The number of nitrogens with one attached hydrogen (secondary N) is 1. The van der Waals surface area contributed by atoms with Crippen LogP contribution in [-0.4, -0.2) is 42.1 Å². The number of aliphatic carboxylic acids is 2. The highest BCUT2D eigenvalue weighted by atomic mass is 16.4. The lowest BCUT2D eigenvalue weighted by molar-refractivity contribution is -0.143. The van der Waals surface area contributed by atoms with Crippen molar-refractivity contribution in [3.05, 3.63) is 60.2 Å². The van der Waals surface area contributed by atoms with E-state index in [2.05, 4.69) is 45.8 Å². The Kier molecular flexibility index (Phi) is 6.21. The van der Waals surface area contributed by atoms with Crippen molar-refractivity contribution in [1.29, 1.82) is 0 Å². The summed E-state index contributed by atoms with van der Waals surface area (Å²) in [5, 5.41) is 27.1. The third kappa shape index (κ3) is 5.80. The fourth-order valence-electron chi connectivity index (χ4n) is 2.75. The lowest BCUT2D eigenvalue weighted by Gasteiger charge is -2.02. The lowest BCUT2D eigenvalue weighted by atomic mass is 10.0. The highest BCUT2D eigenvalue weighted by Gasteiger charge is 2.23. The summed E-state index contributed by atoms with van der Waals surface area (Å²) >= 11 is 0. The minimum atomic E-state index is -1.08. The molecule has 1 aliphatic carbocycles. The number of rotatable bonds is 7. The molecule has 0 saturated heterocycles. The molecule has 2 aromatic heterocycles. The van der Waals surface area contributed by atoms with Crippen molar-refractivity contribution in [2.75, 3.05) is 0 Å². The van der Waals surface area contributed by atoms with E-state index in [1.165, 1.54) is 29.5 Å². The van der Waals surface area contributed by atoms with Crippen molar-refractivity contribution in [3.8, 4) is 11.1 Å². The molecule has 0 amide bonds. The molecule has 8 heteroatoms. The van der Waals surface area contributed by atoms with Crippen molar-refractivity contribution >= 4 is 11.9 Å². The Bertz CT molecular complexity index is 915. The number of carbonyl (C=O) groups is 2. The first kappa shape index (κ1) is 19.3. The minimum Gasteiger partial charge on any atom is -0.481 e. The van der Waals surface area contributed by atoms with Gasteiger partial charge in [0.15, 0.2) is 0 Å². The molecule has 0 atom stereocenters. The zero-order chi connectivity index (χ0) is 19.9. The van der Waals surface area contributed by atoms with E-state index in [0.29, 0.717) is 0 Å². The second kappa shape index (κ2) is 8.98. The zero-order valence-corrected chi connectivity index (χ0v) is 15.3. The molecule has 1 aromatic carbocycles. The van der Waals surface area contributed by atoms with E-state index in [0.717, 1.165) is 18.2 Å². The maximum absolute atomic E-state index is 9.64. The SMILES string of the molecule is O=C(O)CCC(=O)O.c1cc(-c2cnn(Cc3ccn[nH]3)c2)cc(C2CC2)c1. The molecule has 28 heavy (non-hydrogen) atoms. The molecule has 1 fully saturated rings. The summed E-state index contributed by atoms with van der Waals surface area (Å²) < 4.78 is 1.94. The maximum atomic E-state index is 9.64. The van der Waals surface area contributed by atoms with Crippen LogP contribution in [0.2, 0.25) is 0 Å². The van der Waals surface area contributed by atoms with Gasteiger partial charge in [-0.3, -0.25) is 19.4 Å². The first-order chi connectivity index (χ1) is 13.5. The highest BCUT2D eigenvalue weighted by molar-refractivity contribution is 5.75. The van der Waals surface area contributed by atoms with Gasteiger partial charge in [0, 0.05) is 18.0 Å². The van der Waals surface area contributed by atoms with Crippen LogP contribution < -0.4 is 0 Å². The average Bonchev–Trinajstić information content (AvgIpc) is 3.21. The van der Waals surface area contributed by atoms with Crippen LogP contribution in [0.15, 0.2) is 48.9 Å². The number of aromatic nitrogens is 4. The smallest absolute Gasteiger partial charge is 0.303 e. The molecule has 0 radical (unpaired) electrons. The van der Waals surface area contributed by atoms with Gasteiger partial charge in [0.05, 0.1) is 31.3 Å². The molecule has 146 valence electrons. The van der Waals surface area contributed by atoms with Crippen LogP contribution in [0.5, 0.6) is 0 Å². The van der Waals surface area contributed by atoms with E-state index in [1.54, 1.807) is 6.20 Å². The predicted molar refractivity (Wildman–Crippen MR) is 102 cm³/mol. The fraction of sp³-hybridized carbons (Fsp3) is 0.300. The van der Waals surface area contributed by atoms with Crippen molar-refractivity contribution in [2.45, 2.75) is 38.1 Å². The fourth-order valence-corrected chi connectivity index (χ4v) is 2.75. The number of carboxylic acid groups (broad SMARTS) is 2. The van der Waals surface area contributed by atoms with E-state index in [4.69, 9.17) is 10.2 Å². The maximum Gasteiger partial charge on any atom is 0.303 e. The van der Waals surface area contributed by atoms with Crippen LogP contribution in [0.25, 0.3) is 11.1 Å². The predicted octanol–water partition coefficient (Wildman–Crippen LogP) is 3.13. The second-order valence-corrected chi connectivity index (χ2v) is 6.70.